The molecule has 0 aliphatic carbocycles. The van der Waals surface area contributed by atoms with Crippen molar-refractivity contribution < 1.29 is 9.59 Å². The molecule has 1 N–H and O–H groups in total. The molecule has 4 heteroatoms. The van der Waals surface area contributed by atoms with E-state index in [0.29, 0.717) is 17.7 Å². The quantitative estimate of drug-likeness (QED) is 0.918. The van der Waals surface area contributed by atoms with Gasteiger partial charge in [-0.2, -0.15) is 0 Å². The molecule has 2 rings (SSSR count). The first-order valence-corrected chi connectivity index (χ1v) is 7.64. The van der Waals surface area contributed by atoms with Crippen LogP contribution in [0.15, 0.2) is 54.6 Å². The fourth-order valence-electron chi connectivity index (χ4n) is 2.40. The molecule has 0 fully saturated rings. The fraction of sp³-hybridized carbons (Fsp3) is 0.263. The number of benzene rings is 2. The summed E-state index contributed by atoms with van der Waals surface area (Å²) in [5, 5.41) is 2.86. The van der Waals surface area contributed by atoms with Crippen LogP contribution in [0.5, 0.6) is 0 Å². The van der Waals surface area contributed by atoms with Gasteiger partial charge in [-0.25, -0.2) is 0 Å². The predicted molar refractivity (Wildman–Crippen MR) is 92.6 cm³/mol. The zero-order valence-corrected chi connectivity index (χ0v) is 13.7. The first-order chi connectivity index (χ1) is 11.0. The van der Waals surface area contributed by atoms with E-state index in [1.54, 1.807) is 32.3 Å². The number of para-hydroxylation sites is 1. The lowest BCUT2D eigenvalue weighted by Crippen LogP contribution is -2.24. The molecule has 120 valence electrons. The van der Waals surface area contributed by atoms with Gasteiger partial charge in [0, 0.05) is 20.5 Å². The standard InChI is InChI=1S/C19H22N2O2/c1-14(15-9-5-4-6-10-15)13-18(22)20-17-12-8-7-11-16(17)19(23)21(2)3/h4-12,14H,13H2,1-3H3,(H,20,22). The molecular weight excluding hydrogens is 288 g/mol. The van der Waals surface area contributed by atoms with Gasteiger partial charge in [0.2, 0.25) is 5.91 Å². The highest BCUT2D eigenvalue weighted by molar-refractivity contribution is 6.03. The van der Waals surface area contributed by atoms with Gasteiger partial charge in [-0.15, -0.1) is 0 Å². The Labute approximate surface area is 137 Å². The van der Waals surface area contributed by atoms with Crippen molar-refractivity contribution in [2.75, 3.05) is 19.4 Å². The molecule has 0 aliphatic rings. The number of rotatable bonds is 5. The Kier molecular flexibility index (Phi) is 5.52. The van der Waals surface area contributed by atoms with Gasteiger partial charge in [0.15, 0.2) is 0 Å². The van der Waals surface area contributed by atoms with E-state index in [-0.39, 0.29) is 17.7 Å². The Morgan fingerprint density at radius 2 is 1.61 bits per heavy atom. The molecule has 0 spiro atoms. The molecule has 2 amide bonds. The summed E-state index contributed by atoms with van der Waals surface area (Å²) in [6.07, 6.45) is 0.370. The number of anilines is 1. The second kappa shape index (κ2) is 7.58. The number of amides is 2. The molecular formula is C19H22N2O2. The van der Waals surface area contributed by atoms with Crippen LogP contribution in [-0.4, -0.2) is 30.8 Å². The largest absolute Gasteiger partial charge is 0.345 e. The monoisotopic (exact) mass is 310 g/mol. The molecule has 1 atom stereocenters. The van der Waals surface area contributed by atoms with Gasteiger partial charge >= 0.3 is 0 Å². The van der Waals surface area contributed by atoms with Crippen LogP contribution in [0, 0.1) is 0 Å². The van der Waals surface area contributed by atoms with Crippen LogP contribution >= 0.6 is 0 Å². The van der Waals surface area contributed by atoms with Crippen molar-refractivity contribution in [2.45, 2.75) is 19.3 Å². The maximum Gasteiger partial charge on any atom is 0.255 e. The van der Waals surface area contributed by atoms with Gasteiger partial charge < -0.3 is 10.2 Å². The number of carbonyl (C=O) groups is 2. The normalized spacial score (nSPS) is 11.6. The van der Waals surface area contributed by atoms with Gasteiger partial charge in [-0.3, -0.25) is 9.59 Å². The first-order valence-electron chi connectivity index (χ1n) is 7.64. The summed E-state index contributed by atoms with van der Waals surface area (Å²) in [4.78, 5) is 26.0. The van der Waals surface area contributed by atoms with Crippen molar-refractivity contribution in [3.8, 4) is 0 Å². The third kappa shape index (κ3) is 4.42. The van der Waals surface area contributed by atoms with E-state index in [1.807, 2.05) is 43.3 Å². The van der Waals surface area contributed by atoms with Crippen molar-refractivity contribution in [3.05, 3.63) is 65.7 Å². The van der Waals surface area contributed by atoms with Crippen LogP contribution in [0.1, 0.15) is 35.2 Å². The maximum absolute atomic E-state index is 12.3. The molecule has 4 nitrogen and oxygen atoms in total. The van der Waals surface area contributed by atoms with Crippen LogP contribution in [0.4, 0.5) is 5.69 Å². The predicted octanol–water partition coefficient (Wildman–Crippen LogP) is 3.52. The average Bonchev–Trinajstić information content (AvgIpc) is 2.55. The van der Waals surface area contributed by atoms with Crippen molar-refractivity contribution in [2.24, 2.45) is 0 Å². The average molecular weight is 310 g/mol. The van der Waals surface area contributed by atoms with E-state index in [1.165, 1.54) is 4.90 Å². The van der Waals surface area contributed by atoms with Gasteiger partial charge in [-0.05, 0) is 23.6 Å². The zero-order chi connectivity index (χ0) is 16.8. The van der Waals surface area contributed by atoms with E-state index in [9.17, 15) is 9.59 Å². The molecule has 0 aliphatic heterocycles. The Morgan fingerprint density at radius 3 is 2.26 bits per heavy atom. The lowest BCUT2D eigenvalue weighted by Gasteiger charge is -2.16. The van der Waals surface area contributed by atoms with Crippen molar-refractivity contribution in [1.29, 1.82) is 0 Å². The van der Waals surface area contributed by atoms with Gasteiger partial charge in [0.25, 0.3) is 5.91 Å². The van der Waals surface area contributed by atoms with Gasteiger partial charge in [0.05, 0.1) is 11.3 Å². The second-order valence-corrected chi connectivity index (χ2v) is 5.81. The number of hydrogen-bond donors (Lipinski definition) is 1. The van der Waals surface area contributed by atoms with E-state index >= 15 is 0 Å². The van der Waals surface area contributed by atoms with Crippen LogP contribution < -0.4 is 5.32 Å². The highest BCUT2D eigenvalue weighted by atomic mass is 16.2. The maximum atomic E-state index is 12.3. The fourth-order valence-corrected chi connectivity index (χ4v) is 2.40. The highest BCUT2D eigenvalue weighted by Gasteiger charge is 2.16. The molecule has 0 heterocycles. The smallest absolute Gasteiger partial charge is 0.255 e. The Balaban J connectivity index is 2.08. The van der Waals surface area contributed by atoms with Crippen molar-refractivity contribution in [3.63, 3.8) is 0 Å². The first kappa shape index (κ1) is 16.7. The second-order valence-electron chi connectivity index (χ2n) is 5.81. The number of nitrogens with zero attached hydrogens (tertiary/aromatic N) is 1. The molecule has 0 radical (unpaired) electrons. The topological polar surface area (TPSA) is 49.4 Å². The molecule has 2 aromatic rings. The number of carbonyl (C=O) groups excluding carboxylic acids is 2. The number of hydrogen-bond acceptors (Lipinski definition) is 2. The molecule has 0 aromatic heterocycles. The Morgan fingerprint density at radius 1 is 1.00 bits per heavy atom. The van der Waals surface area contributed by atoms with E-state index in [0.717, 1.165) is 5.56 Å². The van der Waals surface area contributed by atoms with Crippen molar-refractivity contribution in [1.82, 2.24) is 4.90 Å². The summed E-state index contributed by atoms with van der Waals surface area (Å²) in [7, 11) is 3.39. The summed E-state index contributed by atoms with van der Waals surface area (Å²) in [6, 6.07) is 17.0. The molecule has 23 heavy (non-hydrogen) atoms. The molecule has 0 bridgehead atoms. The van der Waals surface area contributed by atoms with Crippen LogP contribution in [0.2, 0.25) is 0 Å². The summed E-state index contributed by atoms with van der Waals surface area (Å²) in [5.74, 6) is -0.106. The van der Waals surface area contributed by atoms with E-state index in [2.05, 4.69) is 5.32 Å². The highest BCUT2D eigenvalue weighted by Crippen LogP contribution is 2.21. The SMILES string of the molecule is CC(CC(=O)Nc1ccccc1C(=O)N(C)C)c1ccccc1. The van der Waals surface area contributed by atoms with Crippen LogP contribution in [-0.2, 0) is 4.79 Å². The lowest BCUT2D eigenvalue weighted by atomic mass is 9.97. The summed E-state index contributed by atoms with van der Waals surface area (Å²) >= 11 is 0. The number of nitrogens with one attached hydrogen (secondary N) is 1. The lowest BCUT2D eigenvalue weighted by molar-refractivity contribution is -0.116. The zero-order valence-electron chi connectivity index (χ0n) is 13.7. The van der Waals surface area contributed by atoms with Crippen LogP contribution in [0.25, 0.3) is 0 Å². The Bertz CT molecular complexity index is 681. The molecule has 0 saturated carbocycles. The molecule has 0 saturated heterocycles. The third-order valence-electron chi connectivity index (χ3n) is 3.70. The van der Waals surface area contributed by atoms with E-state index in [4.69, 9.17) is 0 Å². The Hall–Kier alpha value is -2.62. The minimum absolute atomic E-state index is 0.0969. The van der Waals surface area contributed by atoms with E-state index < -0.39 is 0 Å². The summed E-state index contributed by atoms with van der Waals surface area (Å²) in [6.45, 7) is 2.02. The molecule has 2 aromatic carbocycles. The minimum atomic E-state index is -0.128. The van der Waals surface area contributed by atoms with Gasteiger partial charge in [-0.1, -0.05) is 49.4 Å². The summed E-state index contributed by atoms with van der Waals surface area (Å²) < 4.78 is 0. The minimum Gasteiger partial charge on any atom is -0.345 e. The van der Waals surface area contributed by atoms with Crippen molar-refractivity contribution >= 4 is 17.5 Å². The molecule has 1 unspecified atom stereocenters. The van der Waals surface area contributed by atoms with Gasteiger partial charge in [0.1, 0.15) is 0 Å². The third-order valence-corrected chi connectivity index (χ3v) is 3.70. The van der Waals surface area contributed by atoms with Crippen LogP contribution in [0.3, 0.4) is 0 Å². The summed E-state index contributed by atoms with van der Waals surface area (Å²) in [5.41, 5.74) is 2.18.